The van der Waals surface area contributed by atoms with Crippen LogP contribution in [-0.4, -0.2) is 18.5 Å². The lowest BCUT2D eigenvalue weighted by Crippen LogP contribution is -2.40. The van der Waals surface area contributed by atoms with Crippen LogP contribution < -0.4 is 10.6 Å². The normalized spacial score (nSPS) is 16.6. The molecule has 3 heteroatoms. The Labute approximate surface area is 115 Å². The molecular weight excluding hydrogens is 236 g/mol. The lowest BCUT2D eigenvalue weighted by Gasteiger charge is -2.32. The molecule has 0 aromatic heterocycles. The minimum Gasteiger partial charge on any atom is -0.385 e. The first-order chi connectivity index (χ1) is 9.11. The molecule has 19 heavy (non-hydrogen) atoms. The van der Waals surface area contributed by atoms with Crippen LogP contribution in [0.4, 0.5) is 5.69 Å². The molecular formula is C16H24N2O. The summed E-state index contributed by atoms with van der Waals surface area (Å²) in [6, 6.07) is 6.21. The Kier molecular flexibility index (Phi) is 4.46. The van der Waals surface area contributed by atoms with Crippen molar-refractivity contribution in [2.75, 3.05) is 11.9 Å². The summed E-state index contributed by atoms with van der Waals surface area (Å²) in [5.74, 6) is 0.701. The molecule has 2 rings (SSSR count). The second-order valence-corrected chi connectivity index (χ2v) is 5.53. The maximum absolute atomic E-state index is 12.4. The van der Waals surface area contributed by atoms with Crippen molar-refractivity contribution in [2.45, 2.75) is 46.1 Å². The van der Waals surface area contributed by atoms with Crippen molar-refractivity contribution in [3.8, 4) is 0 Å². The number of nitrogens with one attached hydrogen (secondary N) is 2. The van der Waals surface area contributed by atoms with Crippen molar-refractivity contribution < 1.29 is 4.79 Å². The van der Waals surface area contributed by atoms with Crippen molar-refractivity contribution in [3.05, 3.63) is 29.3 Å². The Morgan fingerprint density at radius 3 is 2.74 bits per heavy atom. The van der Waals surface area contributed by atoms with Gasteiger partial charge in [0.2, 0.25) is 0 Å². The quantitative estimate of drug-likeness (QED) is 0.852. The number of carbonyl (C=O) groups is 1. The fourth-order valence-electron chi connectivity index (χ4n) is 2.54. The van der Waals surface area contributed by atoms with Crippen LogP contribution in [0, 0.1) is 12.8 Å². The summed E-state index contributed by atoms with van der Waals surface area (Å²) in [5.41, 5.74) is 2.85. The SMILES string of the molecule is CCNc1cc(C)ccc1C(=O)NC(C)C1CCC1. The molecule has 2 N–H and O–H groups in total. The Morgan fingerprint density at radius 2 is 2.16 bits per heavy atom. The van der Waals surface area contributed by atoms with Crippen LogP contribution in [0.2, 0.25) is 0 Å². The van der Waals surface area contributed by atoms with Crippen molar-refractivity contribution in [1.82, 2.24) is 5.32 Å². The van der Waals surface area contributed by atoms with E-state index in [2.05, 4.69) is 17.6 Å². The summed E-state index contributed by atoms with van der Waals surface area (Å²) in [6.07, 6.45) is 3.79. The molecule has 0 saturated heterocycles. The van der Waals surface area contributed by atoms with Gasteiger partial charge in [-0.3, -0.25) is 4.79 Å². The van der Waals surface area contributed by atoms with Gasteiger partial charge in [-0.25, -0.2) is 0 Å². The van der Waals surface area contributed by atoms with Gasteiger partial charge in [-0.1, -0.05) is 12.5 Å². The smallest absolute Gasteiger partial charge is 0.253 e. The zero-order valence-electron chi connectivity index (χ0n) is 12.1. The van der Waals surface area contributed by atoms with E-state index in [0.717, 1.165) is 17.8 Å². The summed E-state index contributed by atoms with van der Waals surface area (Å²) in [5, 5.41) is 6.40. The van der Waals surface area contributed by atoms with Gasteiger partial charge in [0.25, 0.3) is 5.91 Å². The third-order valence-corrected chi connectivity index (χ3v) is 4.00. The van der Waals surface area contributed by atoms with Crippen molar-refractivity contribution in [3.63, 3.8) is 0 Å². The number of aryl methyl sites for hydroxylation is 1. The molecule has 0 bridgehead atoms. The lowest BCUT2D eigenvalue weighted by molar-refractivity contribution is 0.0910. The molecule has 0 radical (unpaired) electrons. The fourth-order valence-corrected chi connectivity index (χ4v) is 2.54. The minimum atomic E-state index is 0.0374. The van der Waals surface area contributed by atoms with E-state index in [9.17, 15) is 4.79 Å². The Bertz CT molecular complexity index is 452. The monoisotopic (exact) mass is 260 g/mol. The highest BCUT2D eigenvalue weighted by Gasteiger charge is 2.25. The second kappa shape index (κ2) is 6.09. The highest BCUT2D eigenvalue weighted by Crippen LogP contribution is 2.29. The molecule has 1 aliphatic rings. The Balaban J connectivity index is 2.08. The van der Waals surface area contributed by atoms with Gasteiger partial charge < -0.3 is 10.6 Å². The first-order valence-electron chi connectivity index (χ1n) is 7.27. The highest BCUT2D eigenvalue weighted by atomic mass is 16.1. The molecule has 1 fully saturated rings. The maximum Gasteiger partial charge on any atom is 0.253 e. The number of hydrogen-bond donors (Lipinski definition) is 2. The lowest BCUT2D eigenvalue weighted by atomic mass is 9.80. The second-order valence-electron chi connectivity index (χ2n) is 5.53. The molecule has 1 aromatic rings. The Hall–Kier alpha value is -1.51. The number of amides is 1. The predicted octanol–water partition coefficient (Wildman–Crippen LogP) is 3.35. The average Bonchev–Trinajstić information content (AvgIpc) is 2.26. The third kappa shape index (κ3) is 3.28. The largest absolute Gasteiger partial charge is 0.385 e. The molecule has 1 saturated carbocycles. The van der Waals surface area contributed by atoms with Gasteiger partial charge in [0.15, 0.2) is 0 Å². The highest BCUT2D eigenvalue weighted by molar-refractivity contribution is 5.99. The standard InChI is InChI=1S/C16H24N2O/c1-4-17-15-10-11(2)8-9-14(15)16(19)18-12(3)13-6-5-7-13/h8-10,12-13,17H,4-7H2,1-3H3,(H,18,19). The van der Waals surface area contributed by atoms with Crippen LogP contribution in [0.3, 0.4) is 0 Å². The van der Waals surface area contributed by atoms with Crippen molar-refractivity contribution >= 4 is 11.6 Å². The molecule has 0 spiro atoms. The van der Waals surface area contributed by atoms with Crippen LogP contribution >= 0.6 is 0 Å². The molecule has 3 nitrogen and oxygen atoms in total. The van der Waals surface area contributed by atoms with Gasteiger partial charge in [0, 0.05) is 18.3 Å². The van der Waals surface area contributed by atoms with Gasteiger partial charge >= 0.3 is 0 Å². The minimum absolute atomic E-state index is 0.0374. The molecule has 1 unspecified atom stereocenters. The number of benzene rings is 1. The van der Waals surface area contributed by atoms with Crippen LogP contribution in [0.25, 0.3) is 0 Å². The van der Waals surface area contributed by atoms with E-state index in [0.29, 0.717) is 5.92 Å². The summed E-state index contributed by atoms with van der Waals surface area (Å²) in [6.45, 7) is 7.02. The van der Waals surface area contributed by atoms with E-state index in [1.54, 1.807) is 0 Å². The molecule has 1 aliphatic carbocycles. The number of anilines is 1. The van der Waals surface area contributed by atoms with E-state index in [4.69, 9.17) is 0 Å². The number of carbonyl (C=O) groups excluding carboxylic acids is 1. The van der Waals surface area contributed by atoms with Gasteiger partial charge in [-0.15, -0.1) is 0 Å². The summed E-state index contributed by atoms with van der Waals surface area (Å²) in [7, 11) is 0. The number of hydrogen-bond acceptors (Lipinski definition) is 2. The van der Waals surface area contributed by atoms with E-state index in [1.807, 2.05) is 32.0 Å². The van der Waals surface area contributed by atoms with Crippen LogP contribution in [0.5, 0.6) is 0 Å². The number of rotatable bonds is 5. The van der Waals surface area contributed by atoms with E-state index in [-0.39, 0.29) is 11.9 Å². The van der Waals surface area contributed by atoms with Crippen LogP contribution in [0.1, 0.15) is 49.0 Å². The molecule has 1 atom stereocenters. The molecule has 1 amide bonds. The first-order valence-corrected chi connectivity index (χ1v) is 7.27. The average molecular weight is 260 g/mol. The van der Waals surface area contributed by atoms with Gasteiger partial charge in [-0.05, 0) is 57.2 Å². The van der Waals surface area contributed by atoms with E-state index >= 15 is 0 Å². The summed E-state index contributed by atoms with van der Waals surface area (Å²) >= 11 is 0. The summed E-state index contributed by atoms with van der Waals surface area (Å²) < 4.78 is 0. The topological polar surface area (TPSA) is 41.1 Å². The first kappa shape index (κ1) is 13.9. The van der Waals surface area contributed by atoms with Crippen LogP contribution in [-0.2, 0) is 0 Å². The zero-order chi connectivity index (χ0) is 13.8. The zero-order valence-corrected chi connectivity index (χ0v) is 12.1. The molecule has 104 valence electrons. The summed E-state index contributed by atoms with van der Waals surface area (Å²) in [4.78, 5) is 12.4. The molecule has 0 heterocycles. The Morgan fingerprint density at radius 1 is 1.42 bits per heavy atom. The predicted molar refractivity (Wildman–Crippen MR) is 79.6 cm³/mol. The molecule has 1 aromatic carbocycles. The maximum atomic E-state index is 12.4. The fraction of sp³-hybridized carbons (Fsp3) is 0.562. The van der Waals surface area contributed by atoms with Crippen molar-refractivity contribution in [2.24, 2.45) is 5.92 Å². The van der Waals surface area contributed by atoms with E-state index in [1.165, 1.54) is 24.8 Å². The van der Waals surface area contributed by atoms with Crippen molar-refractivity contribution in [1.29, 1.82) is 0 Å². The van der Waals surface area contributed by atoms with Gasteiger partial charge in [0.1, 0.15) is 0 Å². The van der Waals surface area contributed by atoms with E-state index < -0.39 is 0 Å². The third-order valence-electron chi connectivity index (χ3n) is 4.00. The van der Waals surface area contributed by atoms with Gasteiger partial charge in [-0.2, -0.15) is 0 Å². The van der Waals surface area contributed by atoms with Gasteiger partial charge in [0.05, 0.1) is 5.56 Å². The molecule has 0 aliphatic heterocycles. The van der Waals surface area contributed by atoms with Crippen LogP contribution in [0.15, 0.2) is 18.2 Å².